The molecule has 1 aliphatic carbocycles. The van der Waals surface area contributed by atoms with Gasteiger partial charge in [-0.3, -0.25) is 4.79 Å². The van der Waals surface area contributed by atoms with Crippen molar-refractivity contribution in [1.82, 2.24) is 0 Å². The highest BCUT2D eigenvalue weighted by atomic mass is 16.5. The SMILES string of the molecule is COC(=O)CC1(O)CCCC1N. The highest BCUT2D eigenvalue weighted by Gasteiger charge is 2.40. The van der Waals surface area contributed by atoms with Crippen LogP contribution < -0.4 is 5.73 Å². The summed E-state index contributed by atoms with van der Waals surface area (Å²) in [6.45, 7) is 0. The number of aliphatic hydroxyl groups is 1. The van der Waals surface area contributed by atoms with E-state index in [0.29, 0.717) is 6.42 Å². The minimum atomic E-state index is -1.02. The molecule has 3 N–H and O–H groups in total. The summed E-state index contributed by atoms with van der Waals surface area (Å²) in [7, 11) is 1.31. The maximum Gasteiger partial charge on any atom is 0.308 e. The zero-order valence-electron chi connectivity index (χ0n) is 7.25. The highest BCUT2D eigenvalue weighted by molar-refractivity contribution is 5.70. The summed E-state index contributed by atoms with van der Waals surface area (Å²) in [6.07, 6.45) is 2.29. The molecule has 0 saturated heterocycles. The number of esters is 1. The molecule has 0 spiro atoms. The van der Waals surface area contributed by atoms with E-state index in [1.807, 2.05) is 0 Å². The first-order chi connectivity index (χ1) is 5.58. The molecular weight excluding hydrogens is 158 g/mol. The summed E-state index contributed by atoms with van der Waals surface area (Å²) in [5.74, 6) is -0.394. The standard InChI is InChI=1S/C8H15NO3/c1-12-7(10)5-8(11)4-2-3-6(8)9/h6,11H,2-5,9H2,1H3. The van der Waals surface area contributed by atoms with Crippen LogP contribution in [0.1, 0.15) is 25.7 Å². The minimum Gasteiger partial charge on any atom is -0.469 e. The molecule has 4 nitrogen and oxygen atoms in total. The van der Waals surface area contributed by atoms with Crippen molar-refractivity contribution in [2.75, 3.05) is 7.11 Å². The van der Waals surface area contributed by atoms with Crippen LogP contribution in [0.25, 0.3) is 0 Å². The fourth-order valence-electron chi connectivity index (χ4n) is 1.62. The smallest absolute Gasteiger partial charge is 0.308 e. The largest absolute Gasteiger partial charge is 0.469 e. The molecule has 0 bridgehead atoms. The fourth-order valence-corrected chi connectivity index (χ4v) is 1.62. The van der Waals surface area contributed by atoms with Gasteiger partial charge in [-0.2, -0.15) is 0 Å². The van der Waals surface area contributed by atoms with Crippen LogP contribution in [0.15, 0.2) is 0 Å². The Balaban J connectivity index is 2.53. The molecule has 0 aromatic heterocycles. The molecule has 1 rings (SSSR count). The molecule has 0 aromatic carbocycles. The average molecular weight is 173 g/mol. The van der Waals surface area contributed by atoms with Crippen molar-refractivity contribution in [2.45, 2.75) is 37.3 Å². The number of carbonyl (C=O) groups excluding carboxylic acids is 1. The molecule has 1 aliphatic rings. The van der Waals surface area contributed by atoms with Gasteiger partial charge in [-0.1, -0.05) is 0 Å². The third-order valence-corrected chi connectivity index (χ3v) is 2.49. The van der Waals surface area contributed by atoms with Crippen molar-refractivity contribution >= 4 is 5.97 Å². The maximum absolute atomic E-state index is 10.9. The second kappa shape index (κ2) is 3.41. The quantitative estimate of drug-likeness (QED) is 0.567. The molecule has 2 unspecified atom stereocenters. The van der Waals surface area contributed by atoms with Crippen LogP contribution in [0.5, 0.6) is 0 Å². The molecular formula is C8H15NO3. The van der Waals surface area contributed by atoms with Gasteiger partial charge >= 0.3 is 5.97 Å². The molecule has 0 aliphatic heterocycles. The van der Waals surface area contributed by atoms with Crippen molar-refractivity contribution in [1.29, 1.82) is 0 Å². The van der Waals surface area contributed by atoms with Crippen molar-refractivity contribution in [3.8, 4) is 0 Å². The van der Waals surface area contributed by atoms with E-state index < -0.39 is 11.6 Å². The van der Waals surface area contributed by atoms with Gasteiger partial charge in [-0.25, -0.2) is 0 Å². The van der Waals surface area contributed by atoms with Crippen LogP contribution in [0.2, 0.25) is 0 Å². The van der Waals surface area contributed by atoms with Crippen LogP contribution >= 0.6 is 0 Å². The Morgan fingerprint density at radius 1 is 1.83 bits per heavy atom. The first kappa shape index (κ1) is 9.48. The predicted molar refractivity (Wildman–Crippen MR) is 43.4 cm³/mol. The third kappa shape index (κ3) is 1.76. The minimum absolute atomic E-state index is 0.0185. The molecule has 0 amide bonds. The summed E-state index contributed by atoms with van der Waals surface area (Å²) in [4.78, 5) is 10.9. The lowest BCUT2D eigenvalue weighted by atomic mass is 9.94. The number of ether oxygens (including phenoxy) is 1. The van der Waals surface area contributed by atoms with Crippen LogP contribution in [0.3, 0.4) is 0 Å². The van der Waals surface area contributed by atoms with Gasteiger partial charge in [0.05, 0.1) is 19.1 Å². The van der Waals surface area contributed by atoms with Crippen LogP contribution in [-0.2, 0) is 9.53 Å². The molecule has 4 heteroatoms. The Bertz CT molecular complexity index is 183. The van der Waals surface area contributed by atoms with Gasteiger partial charge in [0.25, 0.3) is 0 Å². The predicted octanol–water partition coefficient (Wildman–Crippen LogP) is -0.208. The van der Waals surface area contributed by atoms with E-state index in [-0.39, 0.29) is 12.5 Å². The lowest BCUT2D eigenvalue weighted by Crippen LogP contribution is -2.45. The molecule has 1 saturated carbocycles. The van der Waals surface area contributed by atoms with Crippen LogP contribution in [0, 0.1) is 0 Å². The molecule has 2 atom stereocenters. The second-order valence-corrected chi connectivity index (χ2v) is 3.36. The van der Waals surface area contributed by atoms with Gasteiger partial charge in [0.1, 0.15) is 0 Å². The second-order valence-electron chi connectivity index (χ2n) is 3.36. The van der Waals surface area contributed by atoms with Crippen LogP contribution in [-0.4, -0.2) is 29.8 Å². The van der Waals surface area contributed by atoms with Gasteiger partial charge in [0, 0.05) is 6.04 Å². The zero-order valence-corrected chi connectivity index (χ0v) is 7.25. The number of methoxy groups -OCH3 is 1. The monoisotopic (exact) mass is 173 g/mol. The first-order valence-corrected chi connectivity index (χ1v) is 4.13. The summed E-state index contributed by atoms with van der Waals surface area (Å²) >= 11 is 0. The first-order valence-electron chi connectivity index (χ1n) is 4.13. The number of rotatable bonds is 2. The molecule has 0 radical (unpaired) electrons. The molecule has 1 fully saturated rings. The highest BCUT2D eigenvalue weighted by Crippen LogP contribution is 2.31. The average Bonchev–Trinajstić information content (AvgIpc) is 2.32. The van der Waals surface area contributed by atoms with E-state index in [0.717, 1.165) is 12.8 Å². The van der Waals surface area contributed by atoms with Crippen molar-refractivity contribution in [3.05, 3.63) is 0 Å². The summed E-state index contributed by atoms with van der Waals surface area (Å²) in [5, 5.41) is 9.84. The van der Waals surface area contributed by atoms with E-state index in [1.54, 1.807) is 0 Å². The van der Waals surface area contributed by atoms with E-state index in [1.165, 1.54) is 7.11 Å². The number of hydrogen-bond donors (Lipinski definition) is 2. The van der Waals surface area contributed by atoms with Gasteiger partial charge in [-0.05, 0) is 19.3 Å². The Labute approximate surface area is 71.7 Å². The van der Waals surface area contributed by atoms with Crippen molar-refractivity contribution in [2.24, 2.45) is 5.73 Å². The van der Waals surface area contributed by atoms with E-state index in [2.05, 4.69) is 4.74 Å². The zero-order chi connectivity index (χ0) is 9.19. The number of nitrogens with two attached hydrogens (primary N) is 1. The van der Waals surface area contributed by atoms with Crippen LogP contribution in [0.4, 0.5) is 0 Å². The lowest BCUT2D eigenvalue weighted by Gasteiger charge is -2.25. The number of hydrogen-bond acceptors (Lipinski definition) is 4. The summed E-state index contributed by atoms with van der Waals surface area (Å²) in [6, 6.07) is -0.281. The van der Waals surface area contributed by atoms with Crippen molar-refractivity contribution in [3.63, 3.8) is 0 Å². The molecule has 0 aromatic rings. The van der Waals surface area contributed by atoms with Gasteiger partial charge < -0.3 is 15.6 Å². The lowest BCUT2D eigenvalue weighted by molar-refractivity contribution is -0.146. The Kier molecular flexibility index (Phi) is 2.69. The Morgan fingerprint density at radius 3 is 2.92 bits per heavy atom. The summed E-state index contributed by atoms with van der Waals surface area (Å²) in [5.41, 5.74) is 4.64. The van der Waals surface area contributed by atoms with Crippen molar-refractivity contribution < 1.29 is 14.6 Å². The van der Waals surface area contributed by atoms with E-state index in [4.69, 9.17) is 5.73 Å². The number of carbonyl (C=O) groups is 1. The fraction of sp³-hybridized carbons (Fsp3) is 0.875. The summed E-state index contributed by atoms with van der Waals surface area (Å²) < 4.78 is 4.47. The Morgan fingerprint density at radius 2 is 2.50 bits per heavy atom. The third-order valence-electron chi connectivity index (χ3n) is 2.49. The Hall–Kier alpha value is -0.610. The van der Waals surface area contributed by atoms with E-state index in [9.17, 15) is 9.90 Å². The maximum atomic E-state index is 10.9. The molecule has 12 heavy (non-hydrogen) atoms. The normalized spacial score (nSPS) is 35.1. The van der Waals surface area contributed by atoms with Gasteiger partial charge in [-0.15, -0.1) is 0 Å². The van der Waals surface area contributed by atoms with Gasteiger partial charge in [0.15, 0.2) is 0 Å². The van der Waals surface area contributed by atoms with E-state index >= 15 is 0 Å². The molecule has 70 valence electrons. The topological polar surface area (TPSA) is 72.5 Å². The van der Waals surface area contributed by atoms with Gasteiger partial charge in [0.2, 0.25) is 0 Å². The molecule has 0 heterocycles.